The SMILES string of the molecule is Cc1cnc(-c2nn(Cc3ccccc3)c3c2CN(C(=O)CC2CC2)CC3)o1. The molecule has 0 spiro atoms. The monoisotopic (exact) mass is 376 g/mol. The molecule has 0 unspecified atom stereocenters. The van der Waals surface area contributed by atoms with E-state index in [0.717, 1.165) is 30.0 Å². The van der Waals surface area contributed by atoms with Gasteiger partial charge in [0.1, 0.15) is 5.76 Å². The minimum absolute atomic E-state index is 0.262. The minimum atomic E-state index is 0.262. The summed E-state index contributed by atoms with van der Waals surface area (Å²) >= 11 is 0. The number of nitrogens with zero attached hydrogens (tertiary/aromatic N) is 4. The van der Waals surface area contributed by atoms with Crippen molar-refractivity contribution in [3.8, 4) is 11.6 Å². The molecular formula is C22H24N4O2. The van der Waals surface area contributed by atoms with Crippen LogP contribution in [-0.4, -0.2) is 32.1 Å². The number of carbonyl (C=O) groups is 1. The smallest absolute Gasteiger partial charge is 0.247 e. The van der Waals surface area contributed by atoms with Gasteiger partial charge in [-0.25, -0.2) is 4.98 Å². The van der Waals surface area contributed by atoms with Crippen molar-refractivity contribution < 1.29 is 9.21 Å². The predicted octanol–water partition coefficient (Wildman–Crippen LogP) is 3.58. The van der Waals surface area contributed by atoms with Gasteiger partial charge in [0.05, 0.1) is 12.7 Å². The molecule has 2 aromatic heterocycles. The van der Waals surface area contributed by atoms with Crippen LogP contribution in [-0.2, 0) is 24.3 Å². The quantitative estimate of drug-likeness (QED) is 0.683. The number of amides is 1. The van der Waals surface area contributed by atoms with Gasteiger partial charge < -0.3 is 9.32 Å². The van der Waals surface area contributed by atoms with Crippen LogP contribution in [0.3, 0.4) is 0 Å². The third-order valence-electron chi connectivity index (χ3n) is 5.65. The highest BCUT2D eigenvalue weighted by atomic mass is 16.4. The van der Waals surface area contributed by atoms with Crippen LogP contribution in [0.4, 0.5) is 0 Å². The van der Waals surface area contributed by atoms with E-state index in [9.17, 15) is 4.79 Å². The van der Waals surface area contributed by atoms with E-state index < -0.39 is 0 Å². The molecule has 5 rings (SSSR count). The molecule has 1 amide bonds. The topological polar surface area (TPSA) is 64.2 Å². The Morgan fingerprint density at radius 2 is 2.07 bits per heavy atom. The van der Waals surface area contributed by atoms with Gasteiger partial charge >= 0.3 is 0 Å². The van der Waals surface area contributed by atoms with Crippen LogP contribution in [0.25, 0.3) is 11.6 Å². The van der Waals surface area contributed by atoms with Crippen molar-refractivity contribution in [2.24, 2.45) is 5.92 Å². The summed E-state index contributed by atoms with van der Waals surface area (Å²) in [4.78, 5) is 19.0. The van der Waals surface area contributed by atoms with Crippen molar-refractivity contribution >= 4 is 5.91 Å². The van der Waals surface area contributed by atoms with Crippen LogP contribution in [0.2, 0.25) is 0 Å². The first-order valence-electron chi connectivity index (χ1n) is 10.0. The van der Waals surface area contributed by atoms with Crippen molar-refractivity contribution in [3.05, 3.63) is 59.1 Å². The summed E-state index contributed by atoms with van der Waals surface area (Å²) in [6.45, 7) is 3.93. The molecular weight excluding hydrogens is 352 g/mol. The fourth-order valence-electron chi connectivity index (χ4n) is 3.92. The summed E-state index contributed by atoms with van der Waals surface area (Å²) in [5, 5.41) is 4.86. The van der Waals surface area contributed by atoms with E-state index in [-0.39, 0.29) is 5.91 Å². The number of rotatable bonds is 5. The Morgan fingerprint density at radius 3 is 2.79 bits per heavy atom. The highest BCUT2D eigenvalue weighted by molar-refractivity contribution is 5.77. The zero-order valence-corrected chi connectivity index (χ0v) is 16.1. The number of aryl methyl sites for hydroxylation is 1. The average molecular weight is 376 g/mol. The van der Waals surface area contributed by atoms with Gasteiger partial charge in [0.25, 0.3) is 0 Å². The van der Waals surface area contributed by atoms with Gasteiger partial charge in [-0.3, -0.25) is 9.48 Å². The molecule has 0 N–H and O–H groups in total. The van der Waals surface area contributed by atoms with Crippen molar-refractivity contribution in [1.29, 1.82) is 0 Å². The third kappa shape index (κ3) is 3.35. The molecule has 1 aliphatic heterocycles. The van der Waals surface area contributed by atoms with Gasteiger partial charge in [-0.1, -0.05) is 30.3 Å². The average Bonchev–Trinajstić information content (AvgIpc) is 3.31. The summed E-state index contributed by atoms with van der Waals surface area (Å²) in [5.41, 5.74) is 4.23. The molecule has 0 radical (unpaired) electrons. The van der Waals surface area contributed by atoms with Crippen molar-refractivity contribution in [3.63, 3.8) is 0 Å². The molecule has 6 heteroatoms. The highest BCUT2D eigenvalue weighted by Crippen LogP contribution is 2.35. The van der Waals surface area contributed by atoms with E-state index in [4.69, 9.17) is 9.52 Å². The zero-order chi connectivity index (χ0) is 19.1. The highest BCUT2D eigenvalue weighted by Gasteiger charge is 2.32. The largest absolute Gasteiger partial charge is 0.440 e. The van der Waals surface area contributed by atoms with Gasteiger partial charge in [-0.05, 0) is 31.2 Å². The number of hydrogen-bond donors (Lipinski definition) is 0. The molecule has 1 saturated carbocycles. The predicted molar refractivity (Wildman–Crippen MR) is 104 cm³/mol. The second kappa shape index (κ2) is 6.93. The summed E-state index contributed by atoms with van der Waals surface area (Å²) in [7, 11) is 0. The van der Waals surface area contributed by atoms with Gasteiger partial charge in [-0.15, -0.1) is 0 Å². The summed E-state index contributed by atoms with van der Waals surface area (Å²) < 4.78 is 7.84. The molecule has 2 aliphatic rings. The molecule has 3 aromatic rings. The molecule has 0 saturated heterocycles. The van der Waals surface area contributed by atoms with E-state index >= 15 is 0 Å². The number of fused-ring (bicyclic) bond motifs is 1. The Morgan fingerprint density at radius 1 is 1.25 bits per heavy atom. The Labute approximate surface area is 164 Å². The standard InChI is InChI=1S/C22H24N4O2/c1-15-12-23-22(28-15)21-18-14-25(20(27)11-16-7-8-16)10-9-19(18)26(24-21)13-17-5-3-2-4-6-17/h2-6,12,16H,7-11,13-14H2,1H3. The lowest BCUT2D eigenvalue weighted by molar-refractivity contribution is -0.132. The number of aromatic nitrogens is 3. The van der Waals surface area contributed by atoms with E-state index in [0.29, 0.717) is 31.3 Å². The lowest BCUT2D eigenvalue weighted by Gasteiger charge is -2.28. The number of hydrogen-bond acceptors (Lipinski definition) is 4. The molecule has 1 fully saturated rings. The lowest BCUT2D eigenvalue weighted by atomic mass is 10.0. The lowest BCUT2D eigenvalue weighted by Crippen LogP contribution is -2.36. The first-order valence-corrected chi connectivity index (χ1v) is 10.0. The van der Waals surface area contributed by atoms with Crippen molar-refractivity contribution in [2.75, 3.05) is 6.54 Å². The summed E-state index contributed by atoms with van der Waals surface area (Å²) in [6.07, 6.45) is 5.60. The van der Waals surface area contributed by atoms with E-state index in [1.165, 1.54) is 24.1 Å². The zero-order valence-electron chi connectivity index (χ0n) is 16.1. The van der Waals surface area contributed by atoms with Crippen LogP contribution in [0.5, 0.6) is 0 Å². The minimum Gasteiger partial charge on any atom is -0.440 e. The number of carbonyl (C=O) groups excluding carboxylic acids is 1. The normalized spacial score (nSPS) is 16.2. The number of benzene rings is 1. The van der Waals surface area contributed by atoms with E-state index in [2.05, 4.69) is 21.8 Å². The fraction of sp³-hybridized carbons (Fsp3) is 0.409. The first-order chi connectivity index (χ1) is 13.7. The Balaban J connectivity index is 1.49. The maximum atomic E-state index is 12.7. The molecule has 0 atom stereocenters. The third-order valence-corrected chi connectivity index (χ3v) is 5.65. The van der Waals surface area contributed by atoms with Gasteiger partial charge in [0, 0.05) is 37.2 Å². The van der Waals surface area contributed by atoms with Crippen molar-refractivity contribution in [2.45, 2.75) is 45.7 Å². The maximum absolute atomic E-state index is 12.7. The van der Waals surface area contributed by atoms with Crippen LogP contribution in [0, 0.1) is 12.8 Å². The van der Waals surface area contributed by atoms with Gasteiger partial charge in [0.15, 0.2) is 5.69 Å². The van der Waals surface area contributed by atoms with Gasteiger partial charge in [-0.2, -0.15) is 5.10 Å². The molecule has 1 aliphatic carbocycles. The van der Waals surface area contributed by atoms with Crippen LogP contribution in [0.1, 0.15) is 41.8 Å². The Kier molecular flexibility index (Phi) is 4.26. The maximum Gasteiger partial charge on any atom is 0.247 e. The van der Waals surface area contributed by atoms with Gasteiger partial charge in [0.2, 0.25) is 11.8 Å². The second-order valence-electron chi connectivity index (χ2n) is 7.91. The summed E-state index contributed by atoms with van der Waals surface area (Å²) in [6, 6.07) is 10.3. The molecule has 1 aromatic carbocycles. The fourth-order valence-corrected chi connectivity index (χ4v) is 3.92. The summed E-state index contributed by atoms with van der Waals surface area (Å²) in [5.74, 6) is 2.16. The molecule has 3 heterocycles. The van der Waals surface area contributed by atoms with Crippen LogP contribution in [0.15, 0.2) is 40.9 Å². The van der Waals surface area contributed by atoms with E-state index in [1.54, 1.807) is 6.20 Å². The Hall–Kier alpha value is -2.89. The molecule has 28 heavy (non-hydrogen) atoms. The van der Waals surface area contributed by atoms with Crippen LogP contribution < -0.4 is 0 Å². The van der Waals surface area contributed by atoms with Crippen LogP contribution >= 0.6 is 0 Å². The molecule has 6 nitrogen and oxygen atoms in total. The number of oxazole rings is 1. The second-order valence-corrected chi connectivity index (χ2v) is 7.91. The molecule has 144 valence electrons. The Bertz CT molecular complexity index is 1000. The van der Waals surface area contributed by atoms with E-state index in [1.807, 2.05) is 30.0 Å². The first kappa shape index (κ1) is 17.2. The van der Waals surface area contributed by atoms with Crippen molar-refractivity contribution in [1.82, 2.24) is 19.7 Å². The molecule has 0 bridgehead atoms.